The Kier molecular flexibility index (Phi) is 5.96. The molecule has 0 aliphatic carbocycles. The smallest absolute Gasteiger partial charge is 0.324 e. The number of carbonyl (C=O) groups excluding carboxylic acids is 1. The summed E-state index contributed by atoms with van der Waals surface area (Å²) in [6, 6.07) is 7.21. The molecule has 0 aliphatic heterocycles. The van der Waals surface area contributed by atoms with Gasteiger partial charge in [-0.2, -0.15) is 0 Å². The molecule has 0 saturated carbocycles. The molecule has 2 amide bonds. The summed E-state index contributed by atoms with van der Waals surface area (Å²) in [4.78, 5) is 26.3. The zero-order chi connectivity index (χ0) is 16.0. The summed E-state index contributed by atoms with van der Waals surface area (Å²) in [5.41, 5.74) is 2.65. The van der Waals surface area contributed by atoms with Crippen molar-refractivity contribution < 1.29 is 14.7 Å². The van der Waals surface area contributed by atoms with Gasteiger partial charge in [-0.1, -0.05) is 29.8 Å². The Morgan fingerprint density at radius 2 is 1.81 bits per heavy atom. The Hall–Kier alpha value is -2.30. The van der Waals surface area contributed by atoms with Crippen molar-refractivity contribution in [2.45, 2.75) is 20.3 Å². The highest BCUT2D eigenvalue weighted by Crippen LogP contribution is 2.17. The van der Waals surface area contributed by atoms with Crippen molar-refractivity contribution in [3.8, 4) is 0 Å². The van der Waals surface area contributed by atoms with E-state index >= 15 is 0 Å². The highest BCUT2D eigenvalue weighted by molar-refractivity contribution is 5.92. The molecule has 1 N–H and O–H groups in total. The zero-order valence-corrected chi connectivity index (χ0v) is 12.8. The molecular formula is C16H22N2O3. The summed E-state index contributed by atoms with van der Waals surface area (Å²) in [6.07, 6.45) is -0.0967. The molecule has 0 heterocycles. The maximum absolute atomic E-state index is 12.5. The van der Waals surface area contributed by atoms with E-state index in [0.717, 1.165) is 11.1 Å². The van der Waals surface area contributed by atoms with Crippen molar-refractivity contribution >= 4 is 17.7 Å². The van der Waals surface area contributed by atoms with E-state index in [-0.39, 0.29) is 19.0 Å². The Morgan fingerprint density at radius 3 is 2.29 bits per heavy atom. The highest BCUT2D eigenvalue weighted by atomic mass is 16.4. The van der Waals surface area contributed by atoms with Gasteiger partial charge in [0, 0.05) is 25.8 Å². The Labute approximate surface area is 125 Å². The van der Waals surface area contributed by atoms with Crippen LogP contribution in [0.4, 0.5) is 10.5 Å². The molecule has 1 aromatic carbocycles. The minimum absolute atomic E-state index is 0.0967. The number of benzene rings is 1. The molecule has 0 bridgehead atoms. The Morgan fingerprint density at radius 1 is 1.24 bits per heavy atom. The number of carbonyl (C=O) groups is 2. The first-order valence-corrected chi connectivity index (χ1v) is 6.76. The van der Waals surface area contributed by atoms with E-state index in [1.165, 1.54) is 9.80 Å². The fraction of sp³-hybridized carbons (Fsp3) is 0.375. The van der Waals surface area contributed by atoms with Gasteiger partial charge in [0.2, 0.25) is 0 Å². The van der Waals surface area contributed by atoms with Gasteiger partial charge in [0.25, 0.3) is 0 Å². The molecule has 0 fully saturated rings. The third-order valence-electron chi connectivity index (χ3n) is 2.96. The molecule has 114 valence electrons. The standard InChI is InChI=1S/C16H22N2O3/c1-12(2)11-17(4)16(21)18(10-9-15(19)20)14-7-5-13(3)6-8-14/h5-8H,1,9-11H2,2-4H3,(H,19,20). The van der Waals surface area contributed by atoms with E-state index in [1.807, 2.05) is 38.1 Å². The zero-order valence-electron chi connectivity index (χ0n) is 12.8. The Balaban J connectivity index is 2.95. The second-order valence-electron chi connectivity index (χ2n) is 5.23. The first-order chi connectivity index (χ1) is 9.81. The van der Waals surface area contributed by atoms with Gasteiger partial charge in [0.15, 0.2) is 0 Å². The van der Waals surface area contributed by atoms with Gasteiger partial charge in [-0.15, -0.1) is 0 Å². The average molecular weight is 290 g/mol. The van der Waals surface area contributed by atoms with Crippen LogP contribution in [0.3, 0.4) is 0 Å². The third kappa shape index (κ3) is 5.30. The number of carboxylic acid groups (broad SMARTS) is 1. The lowest BCUT2D eigenvalue weighted by atomic mass is 10.2. The molecule has 0 aromatic heterocycles. The summed E-state index contributed by atoms with van der Waals surface area (Å²) in [5, 5.41) is 8.85. The fourth-order valence-electron chi connectivity index (χ4n) is 1.95. The summed E-state index contributed by atoms with van der Waals surface area (Å²) in [6.45, 7) is 8.17. The molecule has 1 aromatic rings. The lowest BCUT2D eigenvalue weighted by Gasteiger charge is -2.28. The van der Waals surface area contributed by atoms with Crippen LogP contribution in [0, 0.1) is 6.92 Å². The normalized spacial score (nSPS) is 10.0. The maximum atomic E-state index is 12.5. The molecule has 5 heteroatoms. The molecule has 0 unspecified atom stereocenters. The number of rotatable bonds is 6. The largest absolute Gasteiger partial charge is 0.481 e. The number of aliphatic carboxylic acids is 1. The van der Waals surface area contributed by atoms with Crippen LogP contribution in [0.25, 0.3) is 0 Å². The van der Waals surface area contributed by atoms with Crippen molar-refractivity contribution in [2.24, 2.45) is 0 Å². The van der Waals surface area contributed by atoms with E-state index in [2.05, 4.69) is 6.58 Å². The molecule has 1 rings (SSSR count). The quantitative estimate of drug-likeness (QED) is 0.819. The van der Waals surface area contributed by atoms with Crippen molar-refractivity contribution in [2.75, 3.05) is 25.0 Å². The summed E-state index contributed by atoms with van der Waals surface area (Å²) in [5.74, 6) is -0.928. The van der Waals surface area contributed by atoms with E-state index in [0.29, 0.717) is 12.2 Å². The number of anilines is 1. The van der Waals surface area contributed by atoms with E-state index in [1.54, 1.807) is 7.05 Å². The van der Waals surface area contributed by atoms with Crippen LogP contribution < -0.4 is 4.90 Å². The summed E-state index contributed by atoms with van der Waals surface area (Å²) in [7, 11) is 1.68. The molecule has 0 saturated heterocycles. The summed E-state index contributed by atoms with van der Waals surface area (Å²) >= 11 is 0. The minimum Gasteiger partial charge on any atom is -0.481 e. The van der Waals surface area contributed by atoms with Gasteiger partial charge in [-0.25, -0.2) is 4.79 Å². The predicted octanol–water partition coefficient (Wildman–Crippen LogP) is 2.90. The van der Waals surface area contributed by atoms with Gasteiger partial charge in [-0.3, -0.25) is 9.69 Å². The van der Waals surface area contributed by atoms with Crippen molar-refractivity contribution in [3.05, 3.63) is 42.0 Å². The monoisotopic (exact) mass is 290 g/mol. The van der Waals surface area contributed by atoms with E-state index in [9.17, 15) is 9.59 Å². The molecule has 21 heavy (non-hydrogen) atoms. The number of carboxylic acids is 1. The van der Waals surface area contributed by atoms with Gasteiger partial charge >= 0.3 is 12.0 Å². The van der Waals surface area contributed by atoms with E-state index < -0.39 is 5.97 Å². The van der Waals surface area contributed by atoms with Crippen LogP contribution in [0.2, 0.25) is 0 Å². The van der Waals surface area contributed by atoms with Gasteiger partial charge in [0.05, 0.1) is 6.42 Å². The Bertz CT molecular complexity index is 523. The number of urea groups is 1. The molecule has 0 radical (unpaired) electrons. The van der Waals surface area contributed by atoms with Gasteiger partial charge < -0.3 is 10.0 Å². The second kappa shape index (κ2) is 7.47. The van der Waals surface area contributed by atoms with Crippen molar-refractivity contribution in [1.29, 1.82) is 0 Å². The number of hydrogen-bond acceptors (Lipinski definition) is 2. The number of aryl methyl sites for hydroxylation is 1. The summed E-state index contributed by atoms with van der Waals surface area (Å²) < 4.78 is 0. The van der Waals surface area contributed by atoms with Gasteiger partial charge in [-0.05, 0) is 26.0 Å². The number of hydrogen-bond donors (Lipinski definition) is 1. The lowest BCUT2D eigenvalue weighted by molar-refractivity contribution is -0.136. The number of nitrogens with zero attached hydrogens (tertiary/aromatic N) is 2. The molecule has 0 spiro atoms. The van der Waals surface area contributed by atoms with Crippen LogP contribution in [0.5, 0.6) is 0 Å². The second-order valence-corrected chi connectivity index (χ2v) is 5.23. The highest BCUT2D eigenvalue weighted by Gasteiger charge is 2.20. The lowest BCUT2D eigenvalue weighted by Crippen LogP contribution is -2.43. The topological polar surface area (TPSA) is 60.9 Å². The first kappa shape index (κ1) is 16.8. The minimum atomic E-state index is -0.928. The van der Waals surface area contributed by atoms with Crippen LogP contribution >= 0.6 is 0 Å². The van der Waals surface area contributed by atoms with Crippen LogP contribution in [-0.2, 0) is 4.79 Å². The fourth-order valence-corrected chi connectivity index (χ4v) is 1.95. The van der Waals surface area contributed by atoms with E-state index in [4.69, 9.17) is 5.11 Å². The van der Waals surface area contributed by atoms with Crippen molar-refractivity contribution in [1.82, 2.24) is 4.90 Å². The van der Waals surface area contributed by atoms with Crippen LogP contribution in [0.1, 0.15) is 18.9 Å². The first-order valence-electron chi connectivity index (χ1n) is 6.76. The van der Waals surface area contributed by atoms with Gasteiger partial charge in [0.1, 0.15) is 0 Å². The molecule has 0 aliphatic rings. The SMILES string of the molecule is C=C(C)CN(C)C(=O)N(CCC(=O)O)c1ccc(C)cc1. The number of likely N-dealkylation sites (N-methyl/N-ethyl adjacent to an activating group) is 1. The predicted molar refractivity (Wildman–Crippen MR) is 83.6 cm³/mol. The van der Waals surface area contributed by atoms with Crippen LogP contribution in [-0.4, -0.2) is 42.1 Å². The molecule has 5 nitrogen and oxygen atoms in total. The molecular weight excluding hydrogens is 268 g/mol. The average Bonchev–Trinajstić information content (AvgIpc) is 2.39. The van der Waals surface area contributed by atoms with Crippen LogP contribution in [0.15, 0.2) is 36.4 Å². The molecule has 0 atom stereocenters. The maximum Gasteiger partial charge on any atom is 0.324 e. The third-order valence-corrected chi connectivity index (χ3v) is 2.96. The van der Waals surface area contributed by atoms with Crippen molar-refractivity contribution in [3.63, 3.8) is 0 Å². The number of amides is 2.